The van der Waals surface area contributed by atoms with E-state index in [0.717, 1.165) is 5.82 Å². The van der Waals surface area contributed by atoms with Crippen LogP contribution in [0.5, 0.6) is 0 Å². The van der Waals surface area contributed by atoms with Gasteiger partial charge in [-0.25, -0.2) is 4.98 Å². The molecule has 0 unspecified atom stereocenters. The number of amides is 1. The third-order valence-electron chi connectivity index (χ3n) is 2.06. The van der Waals surface area contributed by atoms with Crippen LogP contribution in [0.15, 0.2) is 31.0 Å². The first kappa shape index (κ1) is 13.2. The summed E-state index contributed by atoms with van der Waals surface area (Å²) in [5.74, 6) is 0.763. The van der Waals surface area contributed by atoms with Crippen molar-refractivity contribution in [1.29, 1.82) is 0 Å². The van der Waals surface area contributed by atoms with E-state index < -0.39 is 0 Å². The molecule has 0 aliphatic rings. The largest absolute Gasteiger partial charge is 0.363 e. The van der Waals surface area contributed by atoms with Crippen molar-refractivity contribution < 1.29 is 4.79 Å². The predicted molar refractivity (Wildman–Crippen MR) is 70.3 cm³/mol. The molecule has 5 nitrogen and oxygen atoms in total. The number of carbonyl (C=O) groups is 1. The Morgan fingerprint density at radius 2 is 2.29 bits per heavy atom. The Morgan fingerprint density at radius 1 is 1.53 bits per heavy atom. The first-order chi connectivity index (χ1) is 8.13. The van der Waals surface area contributed by atoms with Gasteiger partial charge in [0.2, 0.25) is 5.91 Å². The van der Waals surface area contributed by atoms with Gasteiger partial charge < -0.3 is 15.5 Å². The third kappa shape index (κ3) is 4.65. The number of nitrogens with one attached hydrogen (secondary N) is 2. The van der Waals surface area contributed by atoms with Gasteiger partial charge in [-0.2, -0.15) is 0 Å². The standard InChI is InChI=1S/C12H18N4O/c1-4-7-13-9-12(17)15-10-5-6-11(14-8-10)16(2)3/h4-6,8,13H,1,7,9H2,2-3H3,(H,15,17). The Kier molecular flexibility index (Phi) is 5.16. The van der Waals surface area contributed by atoms with Crippen LogP contribution in [0.3, 0.4) is 0 Å². The van der Waals surface area contributed by atoms with E-state index >= 15 is 0 Å². The summed E-state index contributed by atoms with van der Waals surface area (Å²) in [6, 6.07) is 3.68. The van der Waals surface area contributed by atoms with E-state index in [0.29, 0.717) is 12.2 Å². The van der Waals surface area contributed by atoms with E-state index in [1.54, 1.807) is 12.3 Å². The molecule has 1 heterocycles. The van der Waals surface area contributed by atoms with Gasteiger partial charge in [0.25, 0.3) is 0 Å². The average molecular weight is 234 g/mol. The second-order valence-corrected chi connectivity index (χ2v) is 3.77. The van der Waals surface area contributed by atoms with Crippen molar-refractivity contribution in [2.45, 2.75) is 0 Å². The van der Waals surface area contributed by atoms with Gasteiger partial charge in [0.1, 0.15) is 5.82 Å². The second-order valence-electron chi connectivity index (χ2n) is 3.77. The molecule has 0 fully saturated rings. The summed E-state index contributed by atoms with van der Waals surface area (Å²) in [5, 5.41) is 5.68. The lowest BCUT2D eigenvalue weighted by molar-refractivity contribution is -0.115. The van der Waals surface area contributed by atoms with Crippen molar-refractivity contribution >= 4 is 17.4 Å². The molecule has 0 aromatic carbocycles. The van der Waals surface area contributed by atoms with Gasteiger partial charge in [0.05, 0.1) is 18.4 Å². The smallest absolute Gasteiger partial charge is 0.238 e. The number of pyridine rings is 1. The van der Waals surface area contributed by atoms with Crippen molar-refractivity contribution in [3.8, 4) is 0 Å². The molecule has 1 amide bonds. The zero-order valence-electron chi connectivity index (χ0n) is 10.2. The van der Waals surface area contributed by atoms with Crippen LogP contribution in [0, 0.1) is 0 Å². The van der Waals surface area contributed by atoms with Crippen molar-refractivity contribution in [3.05, 3.63) is 31.0 Å². The summed E-state index contributed by atoms with van der Waals surface area (Å²) in [7, 11) is 3.83. The lowest BCUT2D eigenvalue weighted by atomic mass is 10.4. The number of rotatable bonds is 6. The number of hydrogen-bond acceptors (Lipinski definition) is 4. The highest BCUT2D eigenvalue weighted by Gasteiger charge is 2.02. The molecule has 0 saturated heterocycles. The maximum absolute atomic E-state index is 11.5. The molecule has 0 aliphatic heterocycles. The lowest BCUT2D eigenvalue weighted by Crippen LogP contribution is -2.28. The van der Waals surface area contributed by atoms with Gasteiger partial charge in [0.15, 0.2) is 0 Å². The van der Waals surface area contributed by atoms with Crippen LogP contribution in [0.4, 0.5) is 11.5 Å². The monoisotopic (exact) mass is 234 g/mol. The second kappa shape index (κ2) is 6.65. The van der Waals surface area contributed by atoms with E-state index in [1.165, 1.54) is 0 Å². The Hall–Kier alpha value is -1.88. The topological polar surface area (TPSA) is 57.3 Å². The normalized spacial score (nSPS) is 9.76. The van der Waals surface area contributed by atoms with Gasteiger partial charge in [-0.1, -0.05) is 6.08 Å². The molecule has 0 aliphatic carbocycles. The Morgan fingerprint density at radius 3 is 2.82 bits per heavy atom. The molecule has 0 spiro atoms. The molecule has 0 atom stereocenters. The minimum absolute atomic E-state index is 0.0914. The average Bonchev–Trinajstić information content (AvgIpc) is 2.30. The zero-order valence-corrected chi connectivity index (χ0v) is 10.2. The van der Waals surface area contributed by atoms with Crippen LogP contribution in [0.1, 0.15) is 0 Å². The van der Waals surface area contributed by atoms with E-state index in [2.05, 4.69) is 22.2 Å². The number of nitrogens with zero attached hydrogens (tertiary/aromatic N) is 2. The van der Waals surface area contributed by atoms with Crippen LogP contribution in [-0.2, 0) is 4.79 Å². The van der Waals surface area contributed by atoms with Crippen LogP contribution in [0.25, 0.3) is 0 Å². The number of carbonyl (C=O) groups excluding carboxylic acids is 1. The van der Waals surface area contributed by atoms with E-state index in [9.17, 15) is 4.79 Å². The fraction of sp³-hybridized carbons (Fsp3) is 0.333. The van der Waals surface area contributed by atoms with Gasteiger partial charge in [0, 0.05) is 20.6 Å². The van der Waals surface area contributed by atoms with Crippen LogP contribution in [-0.4, -0.2) is 38.1 Å². The molecular formula is C12H18N4O. The molecule has 92 valence electrons. The summed E-state index contributed by atoms with van der Waals surface area (Å²) in [4.78, 5) is 17.6. The summed E-state index contributed by atoms with van der Waals surface area (Å²) in [6.45, 7) is 4.44. The molecule has 17 heavy (non-hydrogen) atoms. The highest BCUT2D eigenvalue weighted by atomic mass is 16.1. The molecule has 0 radical (unpaired) electrons. The molecule has 0 bridgehead atoms. The first-order valence-electron chi connectivity index (χ1n) is 5.38. The van der Waals surface area contributed by atoms with Crippen molar-refractivity contribution in [2.75, 3.05) is 37.4 Å². The maximum Gasteiger partial charge on any atom is 0.238 e. The van der Waals surface area contributed by atoms with Crippen LogP contribution >= 0.6 is 0 Å². The van der Waals surface area contributed by atoms with Gasteiger partial charge in [-0.05, 0) is 12.1 Å². The number of aromatic nitrogens is 1. The minimum atomic E-state index is -0.0914. The minimum Gasteiger partial charge on any atom is -0.363 e. The fourth-order valence-electron chi connectivity index (χ4n) is 1.22. The Bertz CT molecular complexity index is 373. The molecule has 1 rings (SSSR count). The first-order valence-corrected chi connectivity index (χ1v) is 5.38. The quantitative estimate of drug-likeness (QED) is 0.566. The van der Waals surface area contributed by atoms with Crippen molar-refractivity contribution in [2.24, 2.45) is 0 Å². The van der Waals surface area contributed by atoms with Crippen molar-refractivity contribution in [3.63, 3.8) is 0 Å². The van der Waals surface area contributed by atoms with Gasteiger partial charge in [-0.3, -0.25) is 4.79 Å². The van der Waals surface area contributed by atoms with Crippen LogP contribution < -0.4 is 15.5 Å². The highest BCUT2D eigenvalue weighted by Crippen LogP contribution is 2.11. The summed E-state index contributed by atoms with van der Waals surface area (Å²) < 4.78 is 0. The summed E-state index contributed by atoms with van der Waals surface area (Å²) in [6.07, 6.45) is 3.35. The van der Waals surface area contributed by atoms with Crippen molar-refractivity contribution in [1.82, 2.24) is 10.3 Å². The molecule has 5 heteroatoms. The zero-order chi connectivity index (χ0) is 12.7. The van der Waals surface area contributed by atoms with E-state index in [-0.39, 0.29) is 12.5 Å². The number of hydrogen-bond donors (Lipinski definition) is 2. The Labute approximate surface area is 102 Å². The summed E-state index contributed by atoms with van der Waals surface area (Å²) >= 11 is 0. The molecule has 2 N–H and O–H groups in total. The molecular weight excluding hydrogens is 216 g/mol. The summed E-state index contributed by atoms with van der Waals surface area (Å²) in [5.41, 5.74) is 0.695. The fourth-order valence-corrected chi connectivity index (χ4v) is 1.22. The SMILES string of the molecule is C=CCNCC(=O)Nc1ccc(N(C)C)nc1. The van der Waals surface area contributed by atoms with Gasteiger partial charge >= 0.3 is 0 Å². The molecule has 1 aromatic heterocycles. The third-order valence-corrected chi connectivity index (χ3v) is 2.06. The molecule has 0 saturated carbocycles. The number of anilines is 2. The molecule has 1 aromatic rings. The van der Waals surface area contributed by atoms with E-state index in [1.807, 2.05) is 31.1 Å². The van der Waals surface area contributed by atoms with Crippen LogP contribution in [0.2, 0.25) is 0 Å². The highest BCUT2D eigenvalue weighted by molar-refractivity contribution is 5.92. The predicted octanol–water partition coefficient (Wildman–Crippen LogP) is 0.862. The van der Waals surface area contributed by atoms with E-state index in [4.69, 9.17) is 0 Å². The van der Waals surface area contributed by atoms with Gasteiger partial charge in [-0.15, -0.1) is 6.58 Å². The maximum atomic E-state index is 11.5. The Balaban J connectivity index is 2.45. The lowest BCUT2D eigenvalue weighted by Gasteiger charge is -2.11.